The molecule has 37 heavy (non-hydrogen) atoms. The van der Waals surface area contributed by atoms with Gasteiger partial charge in [0.05, 0.1) is 11.5 Å². The van der Waals surface area contributed by atoms with Gasteiger partial charge in [0.2, 0.25) is 21.8 Å². The Labute approximate surface area is 216 Å². The standard InChI is InChI=1S/C25H34N6O5S/c26-25(27)30-12-9-18(10-13-30)23(33)28-15-20-6-3-11-31(20)24(34)22(16-32)29-37(35,36)21-8-7-17-4-1-2-5-19(17)14-21/h1-2,4-5,7-8,14,18,20,22,29,32H,3,6,9-13,15-16H2,(H3,26,27)(H,28,33)/t20-,22+/m0/s1. The number of amides is 2. The molecule has 200 valence electrons. The molecule has 6 N–H and O–H groups in total. The normalized spacial score (nSPS) is 19.6. The van der Waals surface area contributed by atoms with Crippen LogP contribution in [0.3, 0.4) is 0 Å². The Balaban J connectivity index is 1.36. The van der Waals surface area contributed by atoms with Crippen LogP contribution in [0.4, 0.5) is 0 Å². The topological polar surface area (TPSA) is 169 Å². The number of nitrogens with two attached hydrogens (primary N) is 1. The average molecular weight is 531 g/mol. The van der Waals surface area contributed by atoms with Gasteiger partial charge in [-0.2, -0.15) is 4.72 Å². The van der Waals surface area contributed by atoms with Crippen molar-refractivity contribution in [3.05, 3.63) is 42.5 Å². The van der Waals surface area contributed by atoms with Crippen LogP contribution in [0.25, 0.3) is 10.8 Å². The number of carbonyl (C=O) groups is 2. The third kappa shape index (κ3) is 6.20. The molecule has 2 heterocycles. The van der Waals surface area contributed by atoms with Gasteiger partial charge in [-0.25, -0.2) is 8.42 Å². The highest BCUT2D eigenvalue weighted by molar-refractivity contribution is 7.89. The number of aliphatic hydroxyl groups excluding tert-OH is 1. The molecule has 12 heteroatoms. The number of carbonyl (C=O) groups excluding carboxylic acids is 2. The van der Waals surface area contributed by atoms with Crippen molar-refractivity contribution in [2.75, 3.05) is 32.8 Å². The quantitative estimate of drug-likeness (QED) is 0.240. The molecule has 2 atom stereocenters. The molecule has 2 saturated heterocycles. The molecule has 0 unspecified atom stereocenters. The molecular weight excluding hydrogens is 496 g/mol. The van der Waals surface area contributed by atoms with Gasteiger partial charge >= 0.3 is 0 Å². The van der Waals surface area contributed by atoms with Crippen molar-refractivity contribution in [2.45, 2.75) is 42.7 Å². The third-order valence-electron chi connectivity index (χ3n) is 7.19. The molecule has 11 nitrogen and oxygen atoms in total. The van der Waals surface area contributed by atoms with Crippen molar-refractivity contribution in [1.29, 1.82) is 5.41 Å². The Morgan fingerprint density at radius 2 is 1.78 bits per heavy atom. The summed E-state index contributed by atoms with van der Waals surface area (Å²) >= 11 is 0. The van der Waals surface area contributed by atoms with E-state index in [2.05, 4.69) is 10.0 Å². The Bertz CT molecular complexity index is 1260. The fourth-order valence-electron chi connectivity index (χ4n) is 5.04. The molecule has 0 saturated carbocycles. The van der Waals surface area contributed by atoms with Gasteiger partial charge in [-0.05, 0) is 48.6 Å². The lowest BCUT2D eigenvalue weighted by molar-refractivity contribution is -0.135. The van der Waals surface area contributed by atoms with Crippen molar-refractivity contribution in [1.82, 2.24) is 19.8 Å². The number of sulfonamides is 1. The Kier molecular flexibility index (Phi) is 8.30. The summed E-state index contributed by atoms with van der Waals surface area (Å²) in [5.41, 5.74) is 5.51. The molecule has 2 aliphatic rings. The summed E-state index contributed by atoms with van der Waals surface area (Å²) in [7, 11) is -4.06. The minimum Gasteiger partial charge on any atom is -0.394 e. The second-order valence-electron chi connectivity index (χ2n) is 9.58. The zero-order chi connectivity index (χ0) is 26.6. The van der Waals surface area contributed by atoms with E-state index in [-0.39, 0.29) is 35.3 Å². The number of nitrogens with zero attached hydrogens (tertiary/aromatic N) is 2. The number of hydrogen-bond donors (Lipinski definition) is 5. The van der Waals surface area contributed by atoms with Gasteiger partial charge in [0.25, 0.3) is 0 Å². The van der Waals surface area contributed by atoms with Crippen LogP contribution >= 0.6 is 0 Å². The zero-order valence-corrected chi connectivity index (χ0v) is 21.4. The highest BCUT2D eigenvalue weighted by Gasteiger charge is 2.36. The van der Waals surface area contributed by atoms with Crippen molar-refractivity contribution in [3.63, 3.8) is 0 Å². The monoisotopic (exact) mass is 530 g/mol. The summed E-state index contributed by atoms with van der Waals surface area (Å²) in [6, 6.07) is 10.4. The fraction of sp³-hybridized carbons (Fsp3) is 0.480. The molecular formula is C25H34N6O5S. The molecule has 0 bridgehead atoms. The summed E-state index contributed by atoms with van der Waals surface area (Å²) in [6.07, 6.45) is 2.59. The lowest BCUT2D eigenvalue weighted by Crippen LogP contribution is -2.54. The van der Waals surface area contributed by atoms with E-state index in [0.29, 0.717) is 38.9 Å². The number of piperidine rings is 1. The number of fused-ring (bicyclic) bond motifs is 1. The number of guanidine groups is 1. The van der Waals surface area contributed by atoms with Crippen molar-refractivity contribution < 1.29 is 23.1 Å². The lowest BCUT2D eigenvalue weighted by atomic mass is 9.96. The summed E-state index contributed by atoms with van der Waals surface area (Å²) < 4.78 is 28.4. The van der Waals surface area contributed by atoms with Crippen LogP contribution < -0.4 is 15.8 Å². The molecule has 0 radical (unpaired) electrons. The second kappa shape index (κ2) is 11.4. The molecule has 2 aromatic rings. The highest BCUT2D eigenvalue weighted by Crippen LogP contribution is 2.22. The predicted molar refractivity (Wildman–Crippen MR) is 139 cm³/mol. The SMILES string of the molecule is N=C(N)N1CCC(C(=O)NC[C@@H]2CCCN2C(=O)[C@@H](CO)NS(=O)(=O)c2ccc3ccccc3c2)CC1. The van der Waals surface area contributed by atoms with Gasteiger partial charge in [-0.1, -0.05) is 30.3 Å². The van der Waals surface area contributed by atoms with Gasteiger partial charge in [0, 0.05) is 38.1 Å². The van der Waals surface area contributed by atoms with Gasteiger partial charge in [-0.3, -0.25) is 15.0 Å². The van der Waals surface area contributed by atoms with Crippen molar-refractivity contribution in [3.8, 4) is 0 Å². The van der Waals surface area contributed by atoms with Crippen LogP contribution in [0.5, 0.6) is 0 Å². The van der Waals surface area contributed by atoms with Crippen molar-refractivity contribution >= 4 is 38.6 Å². The Morgan fingerprint density at radius 1 is 1.08 bits per heavy atom. The number of likely N-dealkylation sites (tertiary alicyclic amines) is 2. The van der Waals surface area contributed by atoms with E-state index in [1.165, 1.54) is 12.1 Å². The van der Waals surface area contributed by atoms with Gasteiger partial charge in [0.1, 0.15) is 6.04 Å². The molecule has 4 rings (SSSR count). The molecule has 2 fully saturated rings. The molecule has 0 spiro atoms. The summed E-state index contributed by atoms with van der Waals surface area (Å²) in [6.45, 7) is 1.10. The zero-order valence-electron chi connectivity index (χ0n) is 20.6. The van der Waals surface area contributed by atoms with Crippen molar-refractivity contribution in [2.24, 2.45) is 11.7 Å². The largest absolute Gasteiger partial charge is 0.394 e. The minimum atomic E-state index is -4.06. The summed E-state index contributed by atoms with van der Waals surface area (Å²) in [5, 5.41) is 22.0. The number of aliphatic hydroxyl groups is 1. The van der Waals surface area contributed by atoms with E-state index in [0.717, 1.165) is 17.2 Å². The van der Waals surface area contributed by atoms with Crippen LogP contribution in [0.15, 0.2) is 47.4 Å². The highest BCUT2D eigenvalue weighted by atomic mass is 32.2. The minimum absolute atomic E-state index is 0.00800. The first-order valence-corrected chi connectivity index (χ1v) is 14.0. The van der Waals surface area contributed by atoms with E-state index in [4.69, 9.17) is 11.1 Å². The van der Waals surface area contributed by atoms with Crippen LogP contribution in [0.2, 0.25) is 0 Å². The maximum atomic E-state index is 13.2. The Morgan fingerprint density at radius 3 is 2.46 bits per heavy atom. The number of rotatable bonds is 8. The van der Waals surface area contributed by atoms with E-state index < -0.39 is 28.6 Å². The number of hydrogen-bond acceptors (Lipinski definition) is 6. The molecule has 2 amide bonds. The van der Waals surface area contributed by atoms with Gasteiger partial charge < -0.3 is 26.0 Å². The first-order valence-electron chi connectivity index (χ1n) is 12.5. The second-order valence-corrected chi connectivity index (χ2v) is 11.3. The van der Waals surface area contributed by atoms with Gasteiger partial charge in [-0.15, -0.1) is 0 Å². The Hall–Kier alpha value is -3.22. The van der Waals surface area contributed by atoms with Crippen LogP contribution in [-0.2, 0) is 19.6 Å². The molecule has 2 aliphatic heterocycles. The molecule has 0 aromatic heterocycles. The fourth-order valence-corrected chi connectivity index (χ4v) is 6.25. The van der Waals surface area contributed by atoms with Crippen LogP contribution in [-0.4, -0.2) is 86.0 Å². The van der Waals surface area contributed by atoms with E-state index in [9.17, 15) is 23.1 Å². The van der Waals surface area contributed by atoms with E-state index in [1.54, 1.807) is 21.9 Å². The summed E-state index contributed by atoms with van der Waals surface area (Å²) in [4.78, 5) is 29.2. The molecule has 0 aliphatic carbocycles. The smallest absolute Gasteiger partial charge is 0.243 e. The number of nitrogens with one attached hydrogen (secondary N) is 3. The van der Waals surface area contributed by atoms with Crippen LogP contribution in [0, 0.1) is 11.3 Å². The average Bonchev–Trinajstić information content (AvgIpc) is 3.38. The summed E-state index contributed by atoms with van der Waals surface area (Å²) in [5.74, 6) is -0.787. The first-order chi connectivity index (χ1) is 17.7. The maximum absolute atomic E-state index is 13.2. The van der Waals surface area contributed by atoms with E-state index >= 15 is 0 Å². The first kappa shape index (κ1) is 26.8. The molecule has 2 aromatic carbocycles. The third-order valence-corrected chi connectivity index (χ3v) is 8.66. The van der Waals surface area contributed by atoms with E-state index in [1.807, 2.05) is 18.2 Å². The van der Waals surface area contributed by atoms with Gasteiger partial charge in [0.15, 0.2) is 5.96 Å². The number of benzene rings is 2. The lowest BCUT2D eigenvalue weighted by Gasteiger charge is -2.32. The maximum Gasteiger partial charge on any atom is 0.243 e. The van der Waals surface area contributed by atoms with Crippen LogP contribution in [0.1, 0.15) is 25.7 Å². The predicted octanol–water partition coefficient (Wildman–Crippen LogP) is 0.192.